The third-order valence-corrected chi connectivity index (χ3v) is 4.15. The molecule has 0 saturated carbocycles. The van der Waals surface area contributed by atoms with E-state index >= 15 is 0 Å². The standard InChI is InChI=1S/C12H17BrO2S/c1-8(5-6-14)16-10-3-4-11(9(2)15)12(13)7-10/h3-4,7-9,14-15H,5-6H2,1-2H3. The van der Waals surface area contributed by atoms with Crippen LogP contribution >= 0.6 is 27.7 Å². The van der Waals surface area contributed by atoms with E-state index < -0.39 is 6.10 Å². The number of thioether (sulfide) groups is 1. The lowest BCUT2D eigenvalue weighted by atomic mass is 10.1. The summed E-state index contributed by atoms with van der Waals surface area (Å²) in [6.07, 6.45) is 0.337. The summed E-state index contributed by atoms with van der Waals surface area (Å²) in [5.74, 6) is 0. The van der Waals surface area contributed by atoms with Crippen LogP contribution in [-0.4, -0.2) is 22.1 Å². The Balaban J connectivity index is 2.73. The Morgan fingerprint density at radius 1 is 1.38 bits per heavy atom. The van der Waals surface area contributed by atoms with E-state index in [1.807, 2.05) is 18.2 Å². The molecule has 0 aromatic heterocycles. The fourth-order valence-corrected chi connectivity index (χ4v) is 3.28. The lowest BCUT2D eigenvalue weighted by Gasteiger charge is -2.12. The third kappa shape index (κ3) is 4.09. The molecule has 1 aromatic carbocycles. The Hall–Kier alpha value is -0.0300. The van der Waals surface area contributed by atoms with Crippen LogP contribution in [0.4, 0.5) is 0 Å². The average Bonchev–Trinajstić information content (AvgIpc) is 2.17. The van der Waals surface area contributed by atoms with Gasteiger partial charge in [-0.25, -0.2) is 0 Å². The van der Waals surface area contributed by atoms with Crippen molar-refractivity contribution in [3.63, 3.8) is 0 Å². The quantitative estimate of drug-likeness (QED) is 0.820. The monoisotopic (exact) mass is 304 g/mol. The van der Waals surface area contributed by atoms with E-state index in [1.54, 1.807) is 18.7 Å². The molecular formula is C12H17BrO2S. The van der Waals surface area contributed by atoms with Crippen LogP contribution in [0.1, 0.15) is 31.9 Å². The maximum Gasteiger partial charge on any atom is 0.0772 e. The Kier molecular flexibility index (Phi) is 5.83. The number of benzene rings is 1. The molecule has 16 heavy (non-hydrogen) atoms. The van der Waals surface area contributed by atoms with Gasteiger partial charge in [-0.15, -0.1) is 11.8 Å². The first-order valence-corrected chi connectivity index (χ1v) is 6.97. The van der Waals surface area contributed by atoms with Gasteiger partial charge in [0.05, 0.1) is 6.10 Å². The molecule has 2 N–H and O–H groups in total. The maximum absolute atomic E-state index is 9.49. The first-order valence-electron chi connectivity index (χ1n) is 5.29. The minimum atomic E-state index is -0.455. The van der Waals surface area contributed by atoms with E-state index in [9.17, 15) is 5.11 Å². The molecule has 0 saturated heterocycles. The van der Waals surface area contributed by atoms with E-state index in [-0.39, 0.29) is 6.61 Å². The molecule has 0 fully saturated rings. The van der Waals surface area contributed by atoms with Crippen molar-refractivity contribution < 1.29 is 10.2 Å². The average molecular weight is 305 g/mol. The summed E-state index contributed by atoms with van der Waals surface area (Å²) < 4.78 is 0.934. The molecule has 1 aromatic rings. The Labute approximate surface area is 109 Å². The Morgan fingerprint density at radius 3 is 2.56 bits per heavy atom. The highest BCUT2D eigenvalue weighted by molar-refractivity contribution is 9.10. The first-order chi connectivity index (χ1) is 7.54. The minimum absolute atomic E-state index is 0.223. The molecule has 0 aliphatic heterocycles. The van der Waals surface area contributed by atoms with Gasteiger partial charge in [0.1, 0.15) is 0 Å². The second-order valence-corrected chi connectivity index (χ2v) is 6.17. The van der Waals surface area contributed by atoms with Crippen LogP contribution in [-0.2, 0) is 0 Å². The molecule has 0 heterocycles. The number of hydrogen-bond acceptors (Lipinski definition) is 3. The second kappa shape index (κ2) is 6.64. The summed E-state index contributed by atoms with van der Waals surface area (Å²) in [7, 11) is 0. The topological polar surface area (TPSA) is 40.5 Å². The fraction of sp³-hybridized carbons (Fsp3) is 0.500. The van der Waals surface area contributed by atoms with Crippen molar-refractivity contribution in [3.05, 3.63) is 28.2 Å². The molecule has 0 radical (unpaired) electrons. The van der Waals surface area contributed by atoms with Gasteiger partial charge in [0.15, 0.2) is 0 Å². The zero-order valence-corrected chi connectivity index (χ0v) is 11.9. The van der Waals surface area contributed by atoms with Gasteiger partial charge in [0.25, 0.3) is 0 Å². The SMILES string of the molecule is CC(CCO)Sc1ccc(C(C)O)c(Br)c1. The van der Waals surface area contributed by atoms with Crippen LogP contribution < -0.4 is 0 Å². The van der Waals surface area contributed by atoms with E-state index in [2.05, 4.69) is 22.9 Å². The number of aliphatic hydroxyl groups is 2. The second-order valence-electron chi connectivity index (χ2n) is 3.80. The van der Waals surface area contributed by atoms with Crippen molar-refractivity contribution in [1.82, 2.24) is 0 Å². The molecule has 0 bridgehead atoms. The predicted molar refractivity (Wildman–Crippen MR) is 71.8 cm³/mol. The number of hydrogen-bond donors (Lipinski definition) is 2. The number of aliphatic hydroxyl groups excluding tert-OH is 2. The van der Waals surface area contributed by atoms with E-state index in [0.29, 0.717) is 5.25 Å². The van der Waals surface area contributed by atoms with Crippen LogP contribution in [0, 0.1) is 0 Å². The molecular weight excluding hydrogens is 288 g/mol. The summed E-state index contributed by atoms with van der Waals surface area (Å²) in [6, 6.07) is 5.95. The lowest BCUT2D eigenvalue weighted by molar-refractivity contribution is 0.198. The van der Waals surface area contributed by atoms with Gasteiger partial charge < -0.3 is 10.2 Å². The zero-order chi connectivity index (χ0) is 12.1. The van der Waals surface area contributed by atoms with E-state index in [4.69, 9.17) is 5.11 Å². The zero-order valence-electron chi connectivity index (χ0n) is 9.48. The summed E-state index contributed by atoms with van der Waals surface area (Å²) in [4.78, 5) is 1.15. The molecule has 0 aliphatic rings. The first kappa shape index (κ1) is 14.0. The van der Waals surface area contributed by atoms with Gasteiger partial charge in [-0.1, -0.05) is 28.9 Å². The van der Waals surface area contributed by atoms with Crippen molar-refractivity contribution in [2.75, 3.05) is 6.61 Å². The van der Waals surface area contributed by atoms with Crippen LogP contribution in [0.3, 0.4) is 0 Å². The summed E-state index contributed by atoms with van der Waals surface area (Å²) in [5, 5.41) is 18.7. The van der Waals surface area contributed by atoms with Gasteiger partial charge in [0, 0.05) is 21.2 Å². The summed E-state index contributed by atoms with van der Waals surface area (Å²) in [5.41, 5.74) is 0.902. The van der Waals surface area contributed by atoms with Crippen LogP contribution in [0.2, 0.25) is 0 Å². The van der Waals surface area contributed by atoms with Gasteiger partial charge in [-0.2, -0.15) is 0 Å². The smallest absolute Gasteiger partial charge is 0.0772 e. The highest BCUT2D eigenvalue weighted by Gasteiger charge is 2.09. The van der Waals surface area contributed by atoms with Crippen molar-refractivity contribution in [3.8, 4) is 0 Å². The van der Waals surface area contributed by atoms with Crippen molar-refractivity contribution in [2.24, 2.45) is 0 Å². The van der Waals surface area contributed by atoms with Crippen molar-refractivity contribution in [1.29, 1.82) is 0 Å². The lowest BCUT2D eigenvalue weighted by Crippen LogP contribution is -1.99. The summed E-state index contributed by atoms with van der Waals surface area (Å²) >= 11 is 5.19. The van der Waals surface area contributed by atoms with Crippen LogP contribution in [0.5, 0.6) is 0 Å². The fourth-order valence-electron chi connectivity index (χ4n) is 1.39. The molecule has 1 rings (SSSR count). The molecule has 2 unspecified atom stereocenters. The molecule has 2 atom stereocenters. The molecule has 0 amide bonds. The van der Waals surface area contributed by atoms with Crippen LogP contribution in [0.15, 0.2) is 27.6 Å². The number of rotatable bonds is 5. The van der Waals surface area contributed by atoms with Crippen molar-refractivity contribution in [2.45, 2.75) is 36.5 Å². The molecule has 2 nitrogen and oxygen atoms in total. The normalized spacial score (nSPS) is 14.8. The largest absolute Gasteiger partial charge is 0.396 e. The molecule has 4 heteroatoms. The summed E-state index contributed by atoms with van der Waals surface area (Å²) in [6.45, 7) is 4.07. The Bertz CT molecular complexity index is 342. The molecule has 0 aliphatic carbocycles. The third-order valence-electron chi connectivity index (χ3n) is 2.29. The predicted octanol–water partition coefficient (Wildman–Crippen LogP) is 3.37. The maximum atomic E-state index is 9.49. The minimum Gasteiger partial charge on any atom is -0.396 e. The van der Waals surface area contributed by atoms with E-state index in [1.165, 1.54) is 0 Å². The van der Waals surface area contributed by atoms with Gasteiger partial charge in [-0.3, -0.25) is 0 Å². The van der Waals surface area contributed by atoms with Gasteiger partial charge in [-0.05, 0) is 31.0 Å². The molecule has 90 valence electrons. The number of halogens is 1. The molecule has 0 spiro atoms. The van der Waals surface area contributed by atoms with Crippen LogP contribution in [0.25, 0.3) is 0 Å². The highest BCUT2D eigenvalue weighted by atomic mass is 79.9. The Morgan fingerprint density at radius 2 is 2.06 bits per heavy atom. The highest BCUT2D eigenvalue weighted by Crippen LogP contribution is 2.31. The van der Waals surface area contributed by atoms with Gasteiger partial charge >= 0.3 is 0 Å². The van der Waals surface area contributed by atoms with E-state index in [0.717, 1.165) is 21.4 Å². The van der Waals surface area contributed by atoms with Gasteiger partial charge in [0.2, 0.25) is 0 Å². The van der Waals surface area contributed by atoms with Crippen molar-refractivity contribution >= 4 is 27.7 Å².